The van der Waals surface area contributed by atoms with Crippen LogP contribution in [0.1, 0.15) is 5.69 Å². The Kier molecular flexibility index (Phi) is 3.44. The largest absolute Gasteiger partial charge is 0.312 e. The van der Waals surface area contributed by atoms with Crippen molar-refractivity contribution < 1.29 is 9.92 Å². The van der Waals surface area contributed by atoms with E-state index in [9.17, 15) is 10.1 Å². The molecule has 0 bridgehead atoms. The van der Waals surface area contributed by atoms with Crippen molar-refractivity contribution in [3.8, 4) is 0 Å². The zero-order valence-electron chi connectivity index (χ0n) is 6.59. The van der Waals surface area contributed by atoms with Crippen LogP contribution in [-0.2, 0) is 17.3 Å². The lowest BCUT2D eigenvalue weighted by atomic mass is 10.5. The molecule has 0 amide bonds. The molecule has 0 aliphatic carbocycles. The monoisotopic (exact) mass is 206 g/mol. The Labute approximate surface area is 78.3 Å². The molecule has 0 unspecified atom stereocenters. The first-order chi connectivity index (χ1) is 6.22. The highest BCUT2D eigenvalue weighted by atomic mass is 35.5. The molecule has 0 fully saturated rings. The lowest BCUT2D eigenvalue weighted by molar-refractivity contribution is -0.758. The highest BCUT2D eigenvalue weighted by molar-refractivity contribution is 6.16. The molecule has 1 heterocycles. The molecule has 0 aromatic carbocycles. The van der Waals surface area contributed by atoms with Gasteiger partial charge in [-0.3, -0.25) is 4.68 Å². The van der Waals surface area contributed by atoms with Crippen LogP contribution in [-0.4, -0.2) is 26.7 Å². The van der Waals surface area contributed by atoms with Crippen LogP contribution in [0.15, 0.2) is 6.20 Å². The van der Waals surface area contributed by atoms with Crippen molar-refractivity contribution in [2.24, 2.45) is 0 Å². The van der Waals surface area contributed by atoms with E-state index >= 15 is 0 Å². The van der Waals surface area contributed by atoms with E-state index in [0.717, 1.165) is 0 Å². The summed E-state index contributed by atoms with van der Waals surface area (Å²) in [6.07, 6.45) is 1.61. The maximum Gasteiger partial charge on any atom is 0.294 e. The van der Waals surface area contributed by atoms with E-state index in [1.165, 1.54) is 4.68 Å². The van der Waals surface area contributed by atoms with Gasteiger partial charge in [-0.25, -0.2) is 0 Å². The Balaban J connectivity index is 2.32. The normalized spacial score (nSPS) is 9.92. The summed E-state index contributed by atoms with van der Waals surface area (Å²) < 4.78 is 1.43. The summed E-state index contributed by atoms with van der Waals surface area (Å²) in [5.41, 5.74) is 0.628. The molecule has 0 N–H and O–H groups in total. The standard InChI is InChI=1S/C5H7ClN4O3/c6-3-5-4-9(8-7-5)1-2-13-10(11)12/h4H,1-3H2. The molecule has 1 aromatic heterocycles. The molecule has 1 rings (SSSR count). The number of hydrogen-bond acceptors (Lipinski definition) is 5. The fraction of sp³-hybridized carbons (Fsp3) is 0.600. The Morgan fingerprint density at radius 1 is 1.77 bits per heavy atom. The fourth-order valence-electron chi connectivity index (χ4n) is 0.718. The minimum atomic E-state index is -0.848. The molecule has 8 heteroatoms. The average Bonchev–Trinajstić information content (AvgIpc) is 2.52. The number of rotatable bonds is 5. The van der Waals surface area contributed by atoms with Gasteiger partial charge in [0.2, 0.25) is 0 Å². The molecule has 0 radical (unpaired) electrons. The van der Waals surface area contributed by atoms with Crippen molar-refractivity contribution in [2.75, 3.05) is 6.61 Å². The second-order valence-electron chi connectivity index (χ2n) is 2.16. The highest BCUT2D eigenvalue weighted by Gasteiger charge is 1.99. The fourth-order valence-corrected chi connectivity index (χ4v) is 0.840. The van der Waals surface area contributed by atoms with Gasteiger partial charge in [0.25, 0.3) is 5.09 Å². The Bertz CT molecular complexity index is 289. The van der Waals surface area contributed by atoms with Gasteiger partial charge in [-0.15, -0.1) is 26.8 Å². The first-order valence-electron chi connectivity index (χ1n) is 3.44. The minimum Gasteiger partial charge on any atom is -0.312 e. The Hall–Kier alpha value is -1.37. The molecular formula is C5H7ClN4O3. The van der Waals surface area contributed by atoms with E-state index in [1.54, 1.807) is 6.20 Å². The lowest BCUT2D eigenvalue weighted by Gasteiger charge is -1.97. The highest BCUT2D eigenvalue weighted by Crippen LogP contribution is 1.96. The van der Waals surface area contributed by atoms with E-state index in [1.807, 2.05) is 0 Å². The molecule has 7 nitrogen and oxygen atoms in total. The SMILES string of the molecule is O=[N+]([O-])OCCn1cc(CCl)nn1. The van der Waals surface area contributed by atoms with Crippen LogP contribution in [0.2, 0.25) is 0 Å². The zero-order chi connectivity index (χ0) is 9.68. The molecule has 0 aliphatic rings. The Morgan fingerprint density at radius 3 is 3.08 bits per heavy atom. The molecule has 13 heavy (non-hydrogen) atoms. The first kappa shape index (κ1) is 9.72. The summed E-state index contributed by atoms with van der Waals surface area (Å²) >= 11 is 5.47. The van der Waals surface area contributed by atoms with Crippen LogP contribution in [0.3, 0.4) is 0 Å². The van der Waals surface area contributed by atoms with Gasteiger partial charge in [0.1, 0.15) is 6.61 Å². The van der Waals surface area contributed by atoms with Crippen LogP contribution in [0.5, 0.6) is 0 Å². The molecular weight excluding hydrogens is 200 g/mol. The third-order valence-corrected chi connectivity index (χ3v) is 1.51. The van der Waals surface area contributed by atoms with Crippen molar-refractivity contribution in [3.63, 3.8) is 0 Å². The second kappa shape index (κ2) is 4.61. The van der Waals surface area contributed by atoms with Gasteiger partial charge in [-0.05, 0) is 0 Å². The van der Waals surface area contributed by atoms with E-state index in [4.69, 9.17) is 11.6 Å². The van der Waals surface area contributed by atoms with Gasteiger partial charge < -0.3 is 4.84 Å². The van der Waals surface area contributed by atoms with Crippen LogP contribution in [0.25, 0.3) is 0 Å². The summed E-state index contributed by atoms with van der Waals surface area (Å²) in [6, 6.07) is 0. The van der Waals surface area contributed by atoms with Gasteiger partial charge in [-0.2, -0.15) is 0 Å². The molecule has 0 atom stereocenters. The van der Waals surface area contributed by atoms with Crippen molar-refractivity contribution in [1.82, 2.24) is 15.0 Å². The van der Waals surface area contributed by atoms with Crippen LogP contribution in [0.4, 0.5) is 0 Å². The molecule has 0 aliphatic heterocycles. The number of nitrogens with zero attached hydrogens (tertiary/aromatic N) is 4. The van der Waals surface area contributed by atoms with Gasteiger partial charge in [0.05, 0.1) is 18.1 Å². The van der Waals surface area contributed by atoms with Crippen molar-refractivity contribution in [2.45, 2.75) is 12.4 Å². The lowest BCUT2D eigenvalue weighted by Crippen LogP contribution is -2.10. The average molecular weight is 207 g/mol. The molecule has 1 aromatic rings. The quantitative estimate of drug-likeness (QED) is 0.391. The summed E-state index contributed by atoms with van der Waals surface area (Å²) in [6.45, 7) is 0.239. The molecule has 0 saturated carbocycles. The smallest absolute Gasteiger partial charge is 0.294 e. The van der Waals surface area contributed by atoms with E-state index < -0.39 is 5.09 Å². The number of aromatic nitrogens is 3. The summed E-state index contributed by atoms with van der Waals surface area (Å²) in [7, 11) is 0. The number of alkyl halides is 1. The van der Waals surface area contributed by atoms with Gasteiger partial charge in [0.15, 0.2) is 0 Å². The van der Waals surface area contributed by atoms with Gasteiger partial charge in [0, 0.05) is 6.20 Å². The topological polar surface area (TPSA) is 83.1 Å². The maximum atomic E-state index is 9.77. The summed E-state index contributed by atoms with van der Waals surface area (Å²) in [5, 5.41) is 16.3. The summed E-state index contributed by atoms with van der Waals surface area (Å²) in [4.78, 5) is 13.9. The summed E-state index contributed by atoms with van der Waals surface area (Å²) in [5.74, 6) is 0.274. The predicted octanol–water partition coefficient (Wildman–Crippen LogP) is 0.225. The van der Waals surface area contributed by atoms with E-state index in [-0.39, 0.29) is 19.0 Å². The van der Waals surface area contributed by atoms with E-state index in [2.05, 4.69) is 15.1 Å². The van der Waals surface area contributed by atoms with Crippen LogP contribution < -0.4 is 0 Å². The van der Waals surface area contributed by atoms with Crippen molar-refractivity contribution >= 4 is 11.6 Å². The second-order valence-corrected chi connectivity index (χ2v) is 2.43. The zero-order valence-corrected chi connectivity index (χ0v) is 7.35. The third kappa shape index (κ3) is 3.24. The van der Waals surface area contributed by atoms with Crippen LogP contribution in [0, 0.1) is 10.1 Å². The Morgan fingerprint density at radius 2 is 2.54 bits per heavy atom. The molecule has 0 saturated heterocycles. The van der Waals surface area contributed by atoms with Gasteiger partial charge >= 0.3 is 0 Å². The number of halogens is 1. The van der Waals surface area contributed by atoms with Crippen molar-refractivity contribution in [1.29, 1.82) is 0 Å². The first-order valence-corrected chi connectivity index (χ1v) is 3.98. The van der Waals surface area contributed by atoms with Gasteiger partial charge in [-0.1, -0.05) is 5.21 Å². The maximum absolute atomic E-state index is 9.77. The third-order valence-electron chi connectivity index (χ3n) is 1.24. The van der Waals surface area contributed by atoms with Crippen LogP contribution >= 0.6 is 11.6 Å². The predicted molar refractivity (Wildman–Crippen MR) is 42.5 cm³/mol. The van der Waals surface area contributed by atoms with Crippen molar-refractivity contribution in [3.05, 3.63) is 22.0 Å². The minimum absolute atomic E-state index is 0.0436. The number of hydrogen-bond donors (Lipinski definition) is 0. The van der Waals surface area contributed by atoms with E-state index in [0.29, 0.717) is 5.69 Å². The molecule has 72 valence electrons. The molecule has 0 spiro atoms.